The molecule has 1 heterocycles. The maximum absolute atomic E-state index is 6.25. The lowest BCUT2D eigenvalue weighted by Gasteiger charge is -2.34. The van der Waals surface area contributed by atoms with E-state index in [2.05, 4.69) is 35.3 Å². The molecule has 1 aliphatic heterocycles. The van der Waals surface area contributed by atoms with Crippen LogP contribution in [0.3, 0.4) is 0 Å². The number of ether oxygens (including phenoxy) is 2. The average molecular weight is 304 g/mol. The molecule has 0 spiro atoms. The zero-order valence-corrected chi connectivity index (χ0v) is 13.8. The van der Waals surface area contributed by atoms with Crippen LogP contribution < -0.4 is 19.7 Å². The van der Waals surface area contributed by atoms with Gasteiger partial charge in [-0.1, -0.05) is 0 Å². The fourth-order valence-electron chi connectivity index (χ4n) is 3.41. The lowest BCUT2D eigenvalue weighted by Crippen LogP contribution is -2.49. The Morgan fingerprint density at radius 1 is 1.23 bits per heavy atom. The number of nitrogens with one attached hydrogen (secondary N) is 1. The summed E-state index contributed by atoms with van der Waals surface area (Å²) in [6, 6.07) is 6.92. The van der Waals surface area contributed by atoms with Gasteiger partial charge in [-0.25, -0.2) is 0 Å². The Morgan fingerprint density at radius 2 is 2.05 bits per heavy atom. The summed E-state index contributed by atoms with van der Waals surface area (Å²) < 4.78 is 12.0. The zero-order valence-electron chi connectivity index (χ0n) is 13.8. The largest absolute Gasteiger partial charge is 0.490 e. The molecule has 1 saturated carbocycles. The fraction of sp³-hybridized carbons (Fsp3) is 0.667. The third kappa shape index (κ3) is 3.67. The van der Waals surface area contributed by atoms with Gasteiger partial charge in [-0.15, -0.1) is 0 Å². The van der Waals surface area contributed by atoms with Gasteiger partial charge in [-0.05, 0) is 51.7 Å². The standard InChI is InChI=1S/C18H28N2O2/c1-3-21-17-9-8-15(20-11-10-19-14(2)13-20)12-18(17)22-16-6-4-5-7-16/h8-9,12,14,16,19H,3-7,10-11,13H2,1-2H3/t14-/m0/s1. The van der Waals surface area contributed by atoms with Crippen LogP contribution in [0, 0.1) is 0 Å². The van der Waals surface area contributed by atoms with Crippen molar-refractivity contribution in [1.29, 1.82) is 0 Å². The molecule has 22 heavy (non-hydrogen) atoms. The van der Waals surface area contributed by atoms with E-state index < -0.39 is 0 Å². The molecule has 122 valence electrons. The molecule has 1 atom stereocenters. The summed E-state index contributed by atoms with van der Waals surface area (Å²) in [7, 11) is 0. The van der Waals surface area contributed by atoms with Crippen LogP contribution in [-0.2, 0) is 0 Å². The van der Waals surface area contributed by atoms with Crippen molar-refractivity contribution < 1.29 is 9.47 Å². The molecule has 2 fully saturated rings. The SMILES string of the molecule is CCOc1ccc(N2CCN[C@@H](C)C2)cc1OC1CCCC1. The highest BCUT2D eigenvalue weighted by molar-refractivity contribution is 5.57. The van der Waals surface area contributed by atoms with Crippen molar-refractivity contribution in [2.24, 2.45) is 0 Å². The van der Waals surface area contributed by atoms with Crippen molar-refractivity contribution >= 4 is 5.69 Å². The van der Waals surface area contributed by atoms with Crippen LogP contribution in [0.4, 0.5) is 5.69 Å². The highest BCUT2D eigenvalue weighted by Crippen LogP contribution is 2.35. The first-order valence-electron chi connectivity index (χ1n) is 8.68. The van der Waals surface area contributed by atoms with Crippen LogP contribution in [0.5, 0.6) is 11.5 Å². The third-order valence-electron chi connectivity index (χ3n) is 4.56. The lowest BCUT2D eigenvalue weighted by molar-refractivity contribution is 0.197. The summed E-state index contributed by atoms with van der Waals surface area (Å²) in [5.74, 6) is 1.79. The normalized spacial score (nSPS) is 22.8. The van der Waals surface area contributed by atoms with Crippen molar-refractivity contribution in [3.05, 3.63) is 18.2 Å². The maximum Gasteiger partial charge on any atom is 0.163 e. The van der Waals surface area contributed by atoms with Gasteiger partial charge in [-0.2, -0.15) is 0 Å². The Morgan fingerprint density at radius 3 is 2.77 bits per heavy atom. The number of benzene rings is 1. The predicted octanol–water partition coefficient (Wildman–Crippen LogP) is 3.20. The van der Waals surface area contributed by atoms with Crippen LogP contribution in [0.1, 0.15) is 39.5 Å². The van der Waals surface area contributed by atoms with Crippen molar-refractivity contribution in [2.45, 2.75) is 51.7 Å². The van der Waals surface area contributed by atoms with Crippen LogP contribution in [0.2, 0.25) is 0 Å². The molecule has 0 bridgehead atoms. The van der Waals surface area contributed by atoms with Gasteiger partial charge in [0.05, 0.1) is 12.7 Å². The van der Waals surface area contributed by atoms with Gasteiger partial charge in [-0.3, -0.25) is 0 Å². The molecular weight excluding hydrogens is 276 g/mol. The minimum atomic E-state index is 0.358. The van der Waals surface area contributed by atoms with Crippen LogP contribution in [0.25, 0.3) is 0 Å². The molecule has 1 saturated heterocycles. The second kappa shape index (κ2) is 7.23. The van der Waals surface area contributed by atoms with Crippen LogP contribution in [-0.4, -0.2) is 38.4 Å². The van der Waals surface area contributed by atoms with Gasteiger partial charge in [0.15, 0.2) is 11.5 Å². The first kappa shape index (κ1) is 15.5. The summed E-state index contributed by atoms with van der Waals surface area (Å²) in [6.07, 6.45) is 5.25. The second-order valence-electron chi connectivity index (χ2n) is 6.39. The van der Waals surface area contributed by atoms with Gasteiger partial charge in [0.2, 0.25) is 0 Å². The average Bonchev–Trinajstić information content (AvgIpc) is 3.02. The quantitative estimate of drug-likeness (QED) is 0.906. The number of piperazine rings is 1. The molecule has 1 N–H and O–H groups in total. The molecule has 2 aliphatic rings. The topological polar surface area (TPSA) is 33.7 Å². The van der Waals surface area contributed by atoms with Crippen molar-refractivity contribution in [3.8, 4) is 11.5 Å². The molecule has 0 unspecified atom stereocenters. The van der Waals surface area contributed by atoms with Crippen molar-refractivity contribution in [2.75, 3.05) is 31.1 Å². The predicted molar refractivity (Wildman–Crippen MR) is 90.2 cm³/mol. The van der Waals surface area contributed by atoms with E-state index in [0.29, 0.717) is 18.8 Å². The molecule has 0 aromatic heterocycles. The van der Waals surface area contributed by atoms with E-state index in [1.165, 1.54) is 31.4 Å². The number of anilines is 1. The van der Waals surface area contributed by atoms with E-state index in [1.54, 1.807) is 0 Å². The van der Waals surface area contributed by atoms with Gasteiger partial charge in [0, 0.05) is 37.4 Å². The Balaban J connectivity index is 1.79. The minimum absolute atomic E-state index is 0.358. The van der Waals surface area contributed by atoms with E-state index >= 15 is 0 Å². The first-order chi connectivity index (χ1) is 10.8. The van der Waals surface area contributed by atoms with E-state index in [-0.39, 0.29) is 0 Å². The molecule has 0 amide bonds. The highest BCUT2D eigenvalue weighted by atomic mass is 16.5. The minimum Gasteiger partial charge on any atom is -0.490 e. The fourth-order valence-corrected chi connectivity index (χ4v) is 3.41. The van der Waals surface area contributed by atoms with Gasteiger partial charge >= 0.3 is 0 Å². The van der Waals surface area contributed by atoms with Crippen molar-refractivity contribution in [3.63, 3.8) is 0 Å². The summed E-state index contributed by atoms with van der Waals surface area (Å²) in [5, 5.41) is 3.49. The molecule has 4 nitrogen and oxygen atoms in total. The molecule has 4 heteroatoms. The Hall–Kier alpha value is -1.42. The molecular formula is C18H28N2O2. The molecule has 0 radical (unpaired) electrons. The molecule has 3 rings (SSSR count). The molecule has 1 aromatic rings. The highest BCUT2D eigenvalue weighted by Gasteiger charge is 2.21. The monoisotopic (exact) mass is 304 g/mol. The molecule has 1 aromatic carbocycles. The van der Waals surface area contributed by atoms with E-state index in [9.17, 15) is 0 Å². The third-order valence-corrected chi connectivity index (χ3v) is 4.56. The number of rotatable bonds is 5. The number of nitrogens with zero attached hydrogens (tertiary/aromatic N) is 1. The van der Waals surface area contributed by atoms with Gasteiger partial charge in [0.25, 0.3) is 0 Å². The number of hydrogen-bond acceptors (Lipinski definition) is 4. The van der Waals surface area contributed by atoms with Gasteiger partial charge in [0.1, 0.15) is 0 Å². The Labute approximate surface area is 133 Å². The molecule has 1 aliphatic carbocycles. The Bertz CT molecular complexity index is 486. The van der Waals surface area contributed by atoms with E-state index in [4.69, 9.17) is 9.47 Å². The van der Waals surface area contributed by atoms with Crippen molar-refractivity contribution in [1.82, 2.24) is 5.32 Å². The van der Waals surface area contributed by atoms with Crippen LogP contribution in [0.15, 0.2) is 18.2 Å². The lowest BCUT2D eigenvalue weighted by atomic mass is 10.2. The summed E-state index contributed by atoms with van der Waals surface area (Å²) in [4.78, 5) is 2.43. The van der Waals surface area contributed by atoms with Crippen LogP contribution >= 0.6 is 0 Å². The smallest absolute Gasteiger partial charge is 0.163 e. The summed E-state index contributed by atoms with van der Waals surface area (Å²) >= 11 is 0. The first-order valence-corrected chi connectivity index (χ1v) is 8.68. The maximum atomic E-state index is 6.25. The van der Waals surface area contributed by atoms with E-state index in [0.717, 1.165) is 31.1 Å². The zero-order chi connectivity index (χ0) is 15.4. The number of hydrogen-bond donors (Lipinski definition) is 1. The Kier molecular flexibility index (Phi) is 5.08. The summed E-state index contributed by atoms with van der Waals surface area (Å²) in [5.41, 5.74) is 1.24. The second-order valence-corrected chi connectivity index (χ2v) is 6.39. The summed E-state index contributed by atoms with van der Waals surface area (Å²) in [6.45, 7) is 8.04. The van der Waals surface area contributed by atoms with Gasteiger partial charge < -0.3 is 19.7 Å². The van der Waals surface area contributed by atoms with E-state index in [1.807, 2.05) is 6.92 Å².